The highest BCUT2D eigenvalue weighted by molar-refractivity contribution is 5.99. The summed E-state index contributed by atoms with van der Waals surface area (Å²) in [5, 5.41) is 5.96. The van der Waals surface area contributed by atoms with E-state index in [1.54, 1.807) is 11.8 Å². The van der Waals surface area contributed by atoms with E-state index in [1.165, 1.54) is 18.6 Å². The second-order valence-corrected chi connectivity index (χ2v) is 12.1. The van der Waals surface area contributed by atoms with Crippen molar-refractivity contribution >= 4 is 23.7 Å². The highest BCUT2D eigenvalue weighted by Gasteiger charge is 2.50. The summed E-state index contributed by atoms with van der Waals surface area (Å²) in [6, 6.07) is -1.60. The standard InChI is InChI=1S/C29H45N5O5/c1-7-12-20-18-34(22(19(20)3)26(37)39-8-2)25(36)23(28(4,5)6)32-27(38)29(13-10-9-11-14-29)33-24(35)21-17-30-15-16-31-21/h15-17,19-20,22-23H,7-14,18H2,1-6H3,(H,32,38)(H,33,35)/t19-,20-,22-,23+/m0/s1. The Morgan fingerprint density at radius 1 is 1.13 bits per heavy atom. The van der Waals surface area contributed by atoms with Crippen molar-refractivity contribution in [3.63, 3.8) is 0 Å². The van der Waals surface area contributed by atoms with Crippen LogP contribution >= 0.6 is 0 Å². The van der Waals surface area contributed by atoms with Crippen molar-refractivity contribution in [1.29, 1.82) is 0 Å². The normalized spacial score (nSPS) is 23.5. The second-order valence-electron chi connectivity index (χ2n) is 12.1. The number of hydrogen-bond donors (Lipinski definition) is 2. The van der Waals surface area contributed by atoms with E-state index in [4.69, 9.17) is 4.74 Å². The summed E-state index contributed by atoms with van der Waals surface area (Å²) in [6.07, 6.45) is 9.54. The van der Waals surface area contributed by atoms with Crippen LogP contribution in [0.15, 0.2) is 18.6 Å². The van der Waals surface area contributed by atoms with E-state index in [2.05, 4.69) is 27.5 Å². The second kappa shape index (κ2) is 12.9. The number of hydrogen-bond acceptors (Lipinski definition) is 7. The molecule has 1 aliphatic heterocycles. The van der Waals surface area contributed by atoms with Gasteiger partial charge < -0.3 is 20.3 Å². The molecule has 10 heteroatoms. The molecule has 3 amide bonds. The van der Waals surface area contributed by atoms with E-state index < -0.39 is 40.8 Å². The zero-order valence-electron chi connectivity index (χ0n) is 24.3. The van der Waals surface area contributed by atoms with Crippen molar-refractivity contribution in [2.45, 2.75) is 104 Å². The van der Waals surface area contributed by atoms with Gasteiger partial charge in [-0.1, -0.05) is 60.3 Å². The number of carbonyl (C=O) groups excluding carboxylic acids is 4. The molecule has 2 heterocycles. The lowest BCUT2D eigenvalue weighted by Crippen LogP contribution is -2.65. The van der Waals surface area contributed by atoms with Crippen molar-refractivity contribution < 1.29 is 23.9 Å². The molecule has 0 bridgehead atoms. The predicted molar refractivity (Wildman–Crippen MR) is 146 cm³/mol. The smallest absolute Gasteiger partial charge is 0.329 e. The van der Waals surface area contributed by atoms with Crippen LogP contribution in [-0.4, -0.2) is 69.3 Å². The third kappa shape index (κ3) is 6.94. The Kier molecular flexibility index (Phi) is 10.1. The number of nitrogens with zero attached hydrogens (tertiary/aromatic N) is 3. The molecule has 1 saturated carbocycles. The first-order valence-electron chi connectivity index (χ1n) is 14.3. The molecule has 1 aliphatic carbocycles. The monoisotopic (exact) mass is 543 g/mol. The van der Waals surface area contributed by atoms with Gasteiger partial charge in [-0.25, -0.2) is 9.78 Å². The summed E-state index contributed by atoms with van der Waals surface area (Å²) >= 11 is 0. The molecule has 2 fully saturated rings. The first-order chi connectivity index (χ1) is 18.4. The molecule has 216 valence electrons. The Balaban J connectivity index is 1.89. The predicted octanol–water partition coefficient (Wildman–Crippen LogP) is 3.27. The summed E-state index contributed by atoms with van der Waals surface area (Å²) in [6.45, 7) is 12.2. The molecular weight excluding hydrogens is 498 g/mol. The minimum absolute atomic E-state index is 0.0553. The molecule has 0 spiro atoms. The molecule has 0 radical (unpaired) electrons. The molecule has 39 heavy (non-hydrogen) atoms. The Hall–Kier alpha value is -3.04. The Bertz CT molecular complexity index is 1020. The molecule has 4 atom stereocenters. The van der Waals surface area contributed by atoms with Crippen LogP contribution in [0.25, 0.3) is 0 Å². The van der Waals surface area contributed by atoms with Gasteiger partial charge in [-0.15, -0.1) is 0 Å². The van der Waals surface area contributed by atoms with Crippen LogP contribution in [0, 0.1) is 17.3 Å². The fourth-order valence-electron chi connectivity index (χ4n) is 5.94. The van der Waals surface area contributed by atoms with E-state index >= 15 is 0 Å². The fourth-order valence-corrected chi connectivity index (χ4v) is 5.94. The van der Waals surface area contributed by atoms with Crippen LogP contribution in [0.2, 0.25) is 0 Å². The first kappa shape index (κ1) is 30.5. The van der Waals surface area contributed by atoms with Crippen molar-refractivity contribution in [3.05, 3.63) is 24.3 Å². The number of ether oxygens (including phenoxy) is 1. The van der Waals surface area contributed by atoms with Gasteiger partial charge in [0.05, 0.1) is 12.8 Å². The molecule has 1 aromatic rings. The molecule has 0 unspecified atom stereocenters. The van der Waals surface area contributed by atoms with Gasteiger partial charge in [-0.2, -0.15) is 0 Å². The summed E-state index contributed by atoms with van der Waals surface area (Å²) in [4.78, 5) is 63.9. The van der Waals surface area contributed by atoms with Crippen molar-refractivity contribution in [1.82, 2.24) is 25.5 Å². The van der Waals surface area contributed by atoms with E-state index in [-0.39, 0.29) is 30.0 Å². The summed E-state index contributed by atoms with van der Waals surface area (Å²) in [7, 11) is 0. The maximum absolute atomic E-state index is 14.2. The molecule has 10 nitrogen and oxygen atoms in total. The van der Waals surface area contributed by atoms with E-state index in [0.29, 0.717) is 19.4 Å². The summed E-state index contributed by atoms with van der Waals surface area (Å²) in [5.74, 6) is -1.46. The Labute approximate surface area is 232 Å². The lowest BCUT2D eigenvalue weighted by molar-refractivity contribution is -0.156. The molecule has 1 aromatic heterocycles. The average Bonchev–Trinajstić information content (AvgIpc) is 3.23. The first-order valence-corrected chi connectivity index (χ1v) is 14.3. The van der Waals surface area contributed by atoms with Crippen LogP contribution in [0.3, 0.4) is 0 Å². The number of aromatic nitrogens is 2. The van der Waals surface area contributed by atoms with E-state index in [0.717, 1.165) is 32.1 Å². The maximum atomic E-state index is 14.2. The van der Waals surface area contributed by atoms with Crippen LogP contribution in [-0.2, 0) is 19.1 Å². The molecule has 2 aliphatic rings. The zero-order chi connectivity index (χ0) is 28.8. The minimum Gasteiger partial charge on any atom is -0.464 e. The number of likely N-dealkylation sites (tertiary alicyclic amines) is 1. The SMILES string of the molecule is CCC[C@H]1CN(C(=O)[C@@H](NC(=O)C2(NC(=O)c3cnccn3)CCCCC2)C(C)(C)C)[C@H](C(=O)OCC)[C@H]1C. The van der Waals surface area contributed by atoms with Gasteiger partial charge in [0.1, 0.15) is 23.3 Å². The summed E-state index contributed by atoms with van der Waals surface area (Å²) < 4.78 is 5.37. The average molecular weight is 544 g/mol. The Morgan fingerprint density at radius 3 is 2.38 bits per heavy atom. The lowest BCUT2D eigenvalue weighted by Gasteiger charge is -2.41. The number of nitrogens with one attached hydrogen (secondary N) is 2. The van der Waals surface area contributed by atoms with Crippen LogP contribution in [0.4, 0.5) is 0 Å². The maximum Gasteiger partial charge on any atom is 0.329 e. The van der Waals surface area contributed by atoms with Gasteiger partial charge in [0, 0.05) is 18.9 Å². The quantitative estimate of drug-likeness (QED) is 0.457. The third-order valence-corrected chi connectivity index (χ3v) is 8.16. The summed E-state index contributed by atoms with van der Waals surface area (Å²) in [5.41, 5.74) is -1.69. The molecule has 0 aromatic carbocycles. The van der Waals surface area contributed by atoms with Gasteiger partial charge in [0.2, 0.25) is 11.8 Å². The van der Waals surface area contributed by atoms with Crippen molar-refractivity contribution in [2.75, 3.05) is 13.2 Å². The number of esters is 1. The molecular formula is C29H45N5O5. The van der Waals surface area contributed by atoms with E-state index in [1.807, 2.05) is 27.7 Å². The van der Waals surface area contributed by atoms with E-state index in [9.17, 15) is 19.2 Å². The zero-order valence-corrected chi connectivity index (χ0v) is 24.3. The topological polar surface area (TPSA) is 131 Å². The van der Waals surface area contributed by atoms with Crippen molar-refractivity contribution in [3.8, 4) is 0 Å². The molecule has 1 saturated heterocycles. The third-order valence-electron chi connectivity index (χ3n) is 8.16. The highest BCUT2D eigenvalue weighted by Crippen LogP contribution is 2.36. The lowest BCUT2D eigenvalue weighted by atomic mass is 9.79. The Morgan fingerprint density at radius 2 is 1.82 bits per heavy atom. The number of amides is 3. The van der Waals surface area contributed by atoms with Gasteiger partial charge in [-0.3, -0.25) is 19.4 Å². The van der Waals surface area contributed by atoms with Crippen molar-refractivity contribution in [2.24, 2.45) is 17.3 Å². The number of rotatable bonds is 9. The van der Waals surface area contributed by atoms with Crippen LogP contribution < -0.4 is 10.6 Å². The minimum atomic E-state index is -1.17. The van der Waals surface area contributed by atoms with Crippen LogP contribution in [0.5, 0.6) is 0 Å². The highest BCUT2D eigenvalue weighted by atomic mass is 16.5. The number of carbonyl (C=O) groups is 4. The van der Waals surface area contributed by atoms with Gasteiger partial charge >= 0.3 is 5.97 Å². The van der Waals surface area contributed by atoms with Gasteiger partial charge in [0.15, 0.2) is 0 Å². The van der Waals surface area contributed by atoms with Gasteiger partial charge in [-0.05, 0) is 43.4 Å². The largest absolute Gasteiger partial charge is 0.464 e. The molecule has 3 rings (SSSR count). The van der Waals surface area contributed by atoms with Gasteiger partial charge in [0.25, 0.3) is 5.91 Å². The fraction of sp³-hybridized carbons (Fsp3) is 0.724. The van der Waals surface area contributed by atoms with Crippen LogP contribution in [0.1, 0.15) is 97.0 Å². The molecule has 2 N–H and O–H groups in total.